The van der Waals surface area contributed by atoms with Crippen LogP contribution in [-0.2, 0) is 6.42 Å². The molecule has 0 saturated carbocycles. The van der Waals surface area contributed by atoms with Crippen LogP contribution in [0.3, 0.4) is 0 Å². The van der Waals surface area contributed by atoms with Gasteiger partial charge in [-0.15, -0.1) is 0 Å². The van der Waals surface area contributed by atoms with Crippen LogP contribution in [-0.4, -0.2) is 11.5 Å². The summed E-state index contributed by atoms with van der Waals surface area (Å²) in [5.41, 5.74) is 3.47. The number of nitrogens with one attached hydrogen (secondary N) is 1. The van der Waals surface area contributed by atoms with Gasteiger partial charge in [0.1, 0.15) is 5.82 Å². The van der Waals surface area contributed by atoms with Gasteiger partial charge in [-0.2, -0.15) is 0 Å². The Balaban J connectivity index is 1.97. The SMILES string of the molecule is CCNC(c1ccc(Br)c(F)c1)C1CCc2cccnc21. The van der Waals surface area contributed by atoms with Crippen LogP contribution in [0.25, 0.3) is 0 Å². The van der Waals surface area contributed by atoms with Crippen molar-refractivity contribution in [3.05, 3.63) is 63.6 Å². The van der Waals surface area contributed by atoms with Gasteiger partial charge in [0.05, 0.1) is 4.47 Å². The maximum atomic E-state index is 13.9. The third-order valence-corrected chi connectivity index (χ3v) is 4.77. The second kappa shape index (κ2) is 6.24. The molecule has 21 heavy (non-hydrogen) atoms. The molecule has 0 bridgehead atoms. The summed E-state index contributed by atoms with van der Waals surface area (Å²) in [5, 5.41) is 3.51. The second-order valence-corrected chi connectivity index (χ2v) is 6.26. The van der Waals surface area contributed by atoms with Crippen molar-refractivity contribution in [3.63, 3.8) is 0 Å². The molecule has 3 rings (SSSR count). The number of hydrogen-bond donors (Lipinski definition) is 1. The number of nitrogens with zero attached hydrogens (tertiary/aromatic N) is 1. The number of aromatic nitrogens is 1. The molecule has 0 spiro atoms. The lowest BCUT2D eigenvalue weighted by Gasteiger charge is -2.25. The molecule has 1 heterocycles. The van der Waals surface area contributed by atoms with Crippen molar-refractivity contribution < 1.29 is 4.39 Å². The van der Waals surface area contributed by atoms with Crippen LogP contribution in [0.4, 0.5) is 4.39 Å². The van der Waals surface area contributed by atoms with Gasteiger partial charge in [-0.3, -0.25) is 4.98 Å². The standard InChI is InChI=1S/C17H18BrFN2/c1-2-20-17(12-6-8-14(18)15(19)10-12)13-7-5-11-4-3-9-21-16(11)13/h3-4,6,8-10,13,17,20H,2,5,7H2,1H3. The molecule has 0 fully saturated rings. The average molecular weight is 349 g/mol. The lowest BCUT2D eigenvalue weighted by molar-refractivity contribution is 0.445. The largest absolute Gasteiger partial charge is 0.310 e. The molecule has 2 nitrogen and oxygen atoms in total. The van der Waals surface area contributed by atoms with Crippen LogP contribution < -0.4 is 5.32 Å². The Morgan fingerprint density at radius 2 is 2.29 bits per heavy atom. The minimum absolute atomic E-state index is 0.105. The minimum atomic E-state index is -0.213. The van der Waals surface area contributed by atoms with Gasteiger partial charge in [-0.25, -0.2) is 4.39 Å². The first-order valence-electron chi connectivity index (χ1n) is 7.32. The Labute approximate surface area is 132 Å². The van der Waals surface area contributed by atoms with Gasteiger partial charge in [0, 0.05) is 23.9 Å². The number of fused-ring (bicyclic) bond motifs is 1. The van der Waals surface area contributed by atoms with Crippen LogP contribution in [0.5, 0.6) is 0 Å². The molecule has 0 aliphatic heterocycles. The maximum absolute atomic E-state index is 13.9. The normalized spacial score (nSPS) is 18.5. The zero-order chi connectivity index (χ0) is 14.8. The Kier molecular flexibility index (Phi) is 4.36. The molecule has 1 N–H and O–H groups in total. The lowest BCUT2D eigenvalue weighted by atomic mass is 9.90. The van der Waals surface area contributed by atoms with E-state index >= 15 is 0 Å². The van der Waals surface area contributed by atoms with Gasteiger partial charge in [0.15, 0.2) is 0 Å². The molecule has 0 radical (unpaired) electrons. The van der Waals surface area contributed by atoms with E-state index in [0.717, 1.165) is 30.6 Å². The second-order valence-electron chi connectivity index (χ2n) is 5.40. The number of pyridine rings is 1. The molecule has 1 aromatic carbocycles. The van der Waals surface area contributed by atoms with Crippen molar-refractivity contribution in [2.75, 3.05) is 6.54 Å². The summed E-state index contributed by atoms with van der Waals surface area (Å²) in [5.74, 6) is 0.0939. The van der Waals surface area contributed by atoms with Crippen molar-refractivity contribution in [1.82, 2.24) is 10.3 Å². The Hall–Kier alpha value is -1.26. The van der Waals surface area contributed by atoms with Gasteiger partial charge < -0.3 is 5.32 Å². The molecule has 2 unspecified atom stereocenters. The monoisotopic (exact) mass is 348 g/mol. The molecule has 2 aromatic rings. The summed E-state index contributed by atoms with van der Waals surface area (Å²) in [6.45, 7) is 2.93. The summed E-state index contributed by atoms with van der Waals surface area (Å²) in [7, 11) is 0. The molecule has 4 heteroatoms. The van der Waals surface area contributed by atoms with E-state index in [1.165, 1.54) is 5.56 Å². The van der Waals surface area contributed by atoms with E-state index in [0.29, 0.717) is 10.4 Å². The van der Waals surface area contributed by atoms with E-state index in [-0.39, 0.29) is 11.9 Å². The van der Waals surface area contributed by atoms with Gasteiger partial charge >= 0.3 is 0 Å². The first kappa shape index (κ1) is 14.7. The highest BCUT2D eigenvalue weighted by Crippen LogP contribution is 2.40. The number of halogens is 2. The Morgan fingerprint density at radius 1 is 1.43 bits per heavy atom. The Bertz CT molecular complexity index is 644. The molecule has 1 aliphatic carbocycles. The predicted octanol–water partition coefficient (Wildman–Crippen LogP) is 4.36. The van der Waals surface area contributed by atoms with Crippen LogP contribution in [0.1, 0.15) is 42.1 Å². The van der Waals surface area contributed by atoms with E-state index in [1.807, 2.05) is 18.3 Å². The van der Waals surface area contributed by atoms with Crippen molar-refractivity contribution in [2.24, 2.45) is 0 Å². The van der Waals surface area contributed by atoms with E-state index in [1.54, 1.807) is 12.1 Å². The van der Waals surface area contributed by atoms with Gasteiger partial charge in [-0.05, 0) is 64.6 Å². The van der Waals surface area contributed by atoms with Crippen LogP contribution in [0.2, 0.25) is 0 Å². The third-order valence-electron chi connectivity index (χ3n) is 4.13. The summed E-state index contributed by atoms with van der Waals surface area (Å²) < 4.78 is 14.4. The summed E-state index contributed by atoms with van der Waals surface area (Å²) in [4.78, 5) is 4.57. The van der Waals surface area contributed by atoms with Crippen molar-refractivity contribution in [1.29, 1.82) is 0 Å². The predicted molar refractivity (Wildman–Crippen MR) is 85.8 cm³/mol. The zero-order valence-corrected chi connectivity index (χ0v) is 13.5. The highest BCUT2D eigenvalue weighted by molar-refractivity contribution is 9.10. The summed E-state index contributed by atoms with van der Waals surface area (Å²) in [6, 6.07) is 9.63. The van der Waals surface area contributed by atoms with Crippen LogP contribution in [0.15, 0.2) is 41.0 Å². The summed E-state index contributed by atoms with van der Waals surface area (Å²) in [6.07, 6.45) is 3.96. The maximum Gasteiger partial charge on any atom is 0.137 e. The molecule has 110 valence electrons. The average Bonchev–Trinajstić information content (AvgIpc) is 2.92. The smallest absolute Gasteiger partial charge is 0.137 e. The highest BCUT2D eigenvalue weighted by atomic mass is 79.9. The lowest BCUT2D eigenvalue weighted by Crippen LogP contribution is -2.26. The van der Waals surface area contributed by atoms with E-state index in [4.69, 9.17) is 0 Å². The number of aryl methyl sites for hydroxylation is 1. The minimum Gasteiger partial charge on any atom is -0.310 e. The fourth-order valence-electron chi connectivity index (χ4n) is 3.19. The van der Waals surface area contributed by atoms with Crippen LogP contribution >= 0.6 is 15.9 Å². The molecular weight excluding hydrogens is 331 g/mol. The molecule has 1 aliphatic rings. The van der Waals surface area contributed by atoms with Crippen LogP contribution in [0, 0.1) is 5.82 Å². The van der Waals surface area contributed by atoms with Gasteiger partial charge in [0.2, 0.25) is 0 Å². The third kappa shape index (κ3) is 2.87. The van der Waals surface area contributed by atoms with E-state index in [2.05, 4.69) is 39.2 Å². The fourth-order valence-corrected chi connectivity index (χ4v) is 3.43. The topological polar surface area (TPSA) is 24.9 Å². The molecular formula is C17H18BrFN2. The van der Waals surface area contributed by atoms with Gasteiger partial charge in [-0.1, -0.05) is 19.1 Å². The fraction of sp³-hybridized carbons (Fsp3) is 0.353. The van der Waals surface area contributed by atoms with Crippen molar-refractivity contribution in [2.45, 2.75) is 31.7 Å². The molecule has 0 saturated heterocycles. The summed E-state index contributed by atoms with van der Waals surface area (Å²) >= 11 is 3.22. The zero-order valence-electron chi connectivity index (χ0n) is 11.9. The van der Waals surface area contributed by atoms with Crippen molar-refractivity contribution >= 4 is 15.9 Å². The van der Waals surface area contributed by atoms with E-state index < -0.39 is 0 Å². The van der Waals surface area contributed by atoms with E-state index in [9.17, 15) is 4.39 Å². The van der Waals surface area contributed by atoms with Crippen molar-refractivity contribution in [3.8, 4) is 0 Å². The molecule has 0 amide bonds. The number of hydrogen-bond acceptors (Lipinski definition) is 2. The number of rotatable bonds is 4. The number of benzene rings is 1. The van der Waals surface area contributed by atoms with Gasteiger partial charge in [0.25, 0.3) is 0 Å². The quantitative estimate of drug-likeness (QED) is 0.887. The molecule has 1 aromatic heterocycles. The molecule has 2 atom stereocenters. The highest BCUT2D eigenvalue weighted by Gasteiger charge is 2.31. The number of likely N-dealkylation sites (N-methyl/N-ethyl adjacent to an activating group) is 1. The first-order valence-corrected chi connectivity index (χ1v) is 8.12. The Morgan fingerprint density at radius 3 is 3.05 bits per heavy atom. The first-order chi connectivity index (χ1) is 10.2.